The summed E-state index contributed by atoms with van der Waals surface area (Å²) in [5.74, 6) is 1.30. The molecule has 4 nitrogen and oxygen atoms in total. The van der Waals surface area contributed by atoms with E-state index in [-0.39, 0.29) is 35.3 Å². The zero-order valence-electron chi connectivity index (χ0n) is 12.3. The van der Waals surface area contributed by atoms with Crippen molar-refractivity contribution in [2.75, 3.05) is 5.32 Å². The van der Waals surface area contributed by atoms with Crippen LogP contribution in [0.5, 0.6) is 0 Å². The van der Waals surface area contributed by atoms with Crippen molar-refractivity contribution in [2.24, 2.45) is 12.5 Å². The molecule has 1 heterocycles. The number of hydrogen-bond donors (Lipinski definition) is 1. The third-order valence-electron chi connectivity index (χ3n) is 2.26. The maximum atomic E-state index is 12.2. The molecule has 0 aliphatic heterocycles. The molecule has 0 fully saturated rings. The van der Waals surface area contributed by atoms with Gasteiger partial charge in [-0.2, -0.15) is 0 Å². The van der Waals surface area contributed by atoms with Crippen molar-refractivity contribution in [3.63, 3.8) is 0 Å². The maximum absolute atomic E-state index is 12.2. The Bertz CT molecular complexity index is 424. The van der Waals surface area contributed by atoms with Crippen LogP contribution in [0, 0.1) is 5.41 Å². The second-order valence-corrected chi connectivity index (χ2v) is 6.51. The predicted octanol–water partition coefficient (Wildman–Crippen LogP) is 3.48. The number of anilines is 1. The van der Waals surface area contributed by atoms with E-state index < -0.39 is 5.41 Å². The van der Waals surface area contributed by atoms with Crippen LogP contribution in [0.15, 0.2) is 6.20 Å². The highest BCUT2D eigenvalue weighted by Crippen LogP contribution is 2.22. The van der Waals surface area contributed by atoms with Crippen molar-refractivity contribution in [1.82, 2.24) is 9.55 Å². The van der Waals surface area contributed by atoms with Crippen molar-refractivity contribution in [3.05, 3.63) is 12.0 Å². The monoisotopic (exact) mass is 365 g/mol. The van der Waals surface area contributed by atoms with E-state index in [9.17, 15) is 4.79 Å². The highest BCUT2D eigenvalue weighted by Gasteiger charge is 2.27. The number of aryl methyl sites for hydroxylation is 1. The predicted molar refractivity (Wildman–Crippen MR) is 85.8 cm³/mol. The molecule has 0 bridgehead atoms. The van der Waals surface area contributed by atoms with Crippen LogP contribution >= 0.6 is 24.0 Å². The smallest absolute Gasteiger partial charge is 0.203 e. The van der Waals surface area contributed by atoms with Crippen LogP contribution in [0.4, 0.5) is 5.82 Å². The number of hydrogen-bond acceptors (Lipinski definition) is 3. The molecule has 0 saturated heterocycles. The molecule has 1 N–H and O–H groups in total. The zero-order valence-corrected chi connectivity index (χ0v) is 14.6. The van der Waals surface area contributed by atoms with Gasteiger partial charge in [0.1, 0.15) is 5.82 Å². The standard InChI is InChI=1S/C13H23N3O.HI/c1-12(2,3)10(17)11-14-9(8-16(11)7)15-13(4,5)6;/h8,15H,1-7H3;1H. The summed E-state index contributed by atoms with van der Waals surface area (Å²) in [7, 11) is 1.85. The largest absolute Gasteiger partial charge is 0.364 e. The molecule has 0 radical (unpaired) electrons. The quantitative estimate of drug-likeness (QED) is 0.645. The molecule has 1 aromatic heterocycles. The number of imidazole rings is 1. The van der Waals surface area contributed by atoms with E-state index in [0.717, 1.165) is 5.82 Å². The summed E-state index contributed by atoms with van der Waals surface area (Å²) < 4.78 is 1.78. The van der Waals surface area contributed by atoms with Crippen molar-refractivity contribution in [3.8, 4) is 0 Å². The molecule has 1 aromatic rings. The highest BCUT2D eigenvalue weighted by molar-refractivity contribution is 14.0. The fraction of sp³-hybridized carbons (Fsp3) is 0.692. The van der Waals surface area contributed by atoms with Gasteiger partial charge in [0.15, 0.2) is 5.82 Å². The Labute approximate surface area is 127 Å². The van der Waals surface area contributed by atoms with Crippen molar-refractivity contribution >= 4 is 35.6 Å². The molecule has 0 aliphatic carbocycles. The van der Waals surface area contributed by atoms with Crippen LogP contribution in [0.1, 0.15) is 52.2 Å². The minimum Gasteiger partial charge on any atom is -0.364 e. The van der Waals surface area contributed by atoms with E-state index in [2.05, 4.69) is 31.1 Å². The Kier molecular flexibility index (Phi) is 5.40. The molecule has 18 heavy (non-hydrogen) atoms. The second kappa shape index (κ2) is 5.59. The summed E-state index contributed by atoms with van der Waals surface area (Å²) in [5, 5.41) is 3.26. The number of Topliss-reactive ketones (excluding diaryl/α,β-unsaturated/α-hetero) is 1. The van der Waals surface area contributed by atoms with Crippen LogP contribution in [0.2, 0.25) is 0 Å². The SMILES string of the molecule is Cn1cc(NC(C)(C)C)nc1C(=O)C(C)(C)C.I. The number of nitrogens with zero attached hydrogens (tertiary/aromatic N) is 2. The number of aromatic nitrogens is 2. The number of halogens is 1. The number of rotatable bonds is 2. The lowest BCUT2D eigenvalue weighted by Crippen LogP contribution is -2.26. The average Bonchev–Trinajstić information content (AvgIpc) is 2.40. The summed E-state index contributed by atoms with van der Waals surface area (Å²) in [6.07, 6.45) is 1.85. The van der Waals surface area contributed by atoms with E-state index in [4.69, 9.17) is 0 Å². The molecule has 0 unspecified atom stereocenters. The fourth-order valence-corrected chi connectivity index (χ4v) is 1.46. The molecular weight excluding hydrogens is 341 g/mol. The Morgan fingerprint density at radius 3 is 2.11 bits per heavy atom. The first-order valence-electron chi connectivity index (χ1n) is 5.87. The fourth-order valence-electron chi connectivity index (χ4n) is 1.46. The van der Waals surface area contributed by atoms with Crippen molar-refractivity contribution in [1.29, 1.82) is 0 Å². The van der Waals surface area contributed by atoms with E-state index >= 15 is 0 Å². The first-order valence-corrected chi connectivity index (χ1v) is 5.87. The number of carbonyl (C=O) groups excluding carboxylic acids is 1. The second-order valence-electron chi connectivity index (χ2n) is 6.51. The van der Waals surface area contributed by atoms with Crippen LogP contribution in [-0.2, 0) is 7.05 Å². The van der Waals surface area contributed by atoms with E-state index in [0.29, 0.717) is 5.82 Å². The van der Waals surface area contributed by atoms with Gasteiger partial charge in [-0.3, -0.25) is 4.79 Å². The Balaban J connectivity index is 0.00000289. The van der Waals surface area contributed by atoms with Gasteiger partial charge in [0.2, 0.25) is 5.78 Å². The van der Waals surface area contributed by atoms with E-state index in [1.54, 1.807) is 4.57 Å². The van der Waals surface area contributed by atoms with Gasteiger partial charge in [0.05, 0.1) is 0 Å². The molecular formula is C13H24IN3O. The minimum atomic E-state index is -0.405. The van der Waals surface area contributed by atoms with E-state index in [1.807, 2.05) is 34.0 Å². The summed E-state index contributed by atoms with van der Waals surface area (Å²) in [6, 6.07) is 0. The van der Waals surface area contributed by atoms with Gasteiger partial charge < -0.3 is 9.88 Å². The molecule has 0 saturated carbocycles. The lowest BCUT2D eigenvalue weighted by atomic mass is 9.90. The van der Waals surface area contributed by atoms with Gasteiger partial charge in [0.25, 0.3) is 0 Å². The average molecular weight is 365 g/mol. The van der Waals surface area contributed by atoms with Gasteiger partial charge >= 0.3 is 0 Å². The van der Waals surface area contributed by atoms with Crippen LogP contribution in [-0.4, -0.2) is 20.9 Å². The first-order chi connectivity index (χ1) is 7.50. The minimum absolute atomic E-state index is 0. The van der Waals surface area contributed by atoms with Crippen LogP contribution < -0.4 is 5.32 Å². The van der Waals surface area contributed by atoms with E-state index in [1.165, 1.54) is 0 Å². The summed E-state index contributed by atoms with van der Waals surface area (Å²) >= 11 is 0. The number of nitrogens with one attached hydrogen (secondary N) is 1. The molecule has 0 amide bonds. The maximum Gasteiger partial charge on any atom is 0.203 e. The zero-order chi connectivity index (χ0) is 13.4. The van der Waals surface area contributed by atoms with Gasteiger partial charge in [-0.05, 0) is 20.8 Å². The lowest BCUT2D eigenvalue weighted by molar-refractivity contribution is 0.0843. The van der Waals surface area contributed by atoms with Gasteiger partial charge in [-0.1, -0.05) is 20.8 Å². The molecule has 1 rings (SSSR count). The van der Waals surface area contributed by atoms with Crippen molar-refractivity contribution in [2.45, 2.75) is 47.1 Å². The van der Waals surface area contributed by atoms with Crippen molar-refractivity contribution < 1.29 is 4.79 Å². The molecule has 0 aromatic carbocycles. The molecule has 0 aliphatic rings. The highest BCUT2D eigenvalue weighted by atomic mass is 127. The summed E-state index contributed by atoms with van der Waals surface area (Å²) in [4.78, 5) is 16.5. The normalized spacial score (nSPS) is 11.9. The third-order valence-corrected chi connectivity index (χ3v) is 2.26. The molecule has 104 valence electrons. The van der Waals surface area contributed by atoms with Crippen LogP contribution in [0.25, 0.3) is 0 Å². The Morgan fingerprint density at radius 1 is 1.22 bits per heavy atom. The third kappa shape index (κ3) is 4.59. The molecule has 0 spiro atoms. The number of ketones is 1. The topological polar surface area (TPSA) is 46.9 Å². The summed E-state index contributed by atoms with van der Waals surface area (Å²) in [6.45, 7) is 11.9. The van der Waals surface area contributed by atoms with Crippen LogP contribution in [0.3, 0.4) is 0 Å². The summed E-state index contributed by atoms with van der Waals surface area (Å²) in [5.41, 5.74) is -0.464. The molecule has 5 heteroatoms. The van der Waals surface area contributed by atoms with Gasteiger partial charge in [0, 0.05) is 24.2 Å². The Morgan fingerprint density at radius 2 is 1.72 bits per heavy atom. The lowest BCUT2D eigenvalue weighted by Gasteiger charge is -2.19. The Hall–Kier alpha value is -0.590. The first kappa shape index (κ1) is 17.4. The number of carbonyl (C=O) groups is 1. The molecule has 0 atom stereocenters. The van der Waals surface area contributed by atoms with Gasteiger partial charge in [-0.15, -0.1) is 24.0 Å². The van der Waals surface area contributed by atoms with Gasteiger partial charge in [-0.25, -0.2) is 4.98 Å².